The maximum Gasteiger partial charge on any atom is 0.000708 e. The van der Waals surface area contributed by atoms with Crippen molar-refractivity contribution in [3.8, 4) is 0 Å². The second-order valence-electron chi connectivity index (χ2n) is 4.10. The van der Waals surface area contributed by atoms with Crippen LogP contribution in [0.25, 0.3) is 0 Å². The molecular weight excluding hydrogens is 144 g/mol. The van der Waals surface area contributed by atoms with Gasteiger partial charge in [-0.2, -0.15) is 0 Å². The molecule has 0 N–H and O–H groups in total. The molecule has 0 heterocycles. The molecule has 2 rings (SSSR count). The van der Waals surface area contributed by atoms with Crippen LogP contribution in [0.4, 0.5) is 0 Å². The Morgan fingerprint density at radius 1 is 1.17 bits per heavy atom. The molecule has 0 aromatic rings. The number of hydrogen-bond donors (Lipinski definition) is 0. The first-order chi connectivity index (χ1) is 5.88. The minimum Gasteiger partial charge on any atom is -0.0850 e. The number of hydrogen-bond acceptors (Lipinski definition) is 0. The summed E-state index contributed by atoms with van der Waals surface area (Å²) >= 11 is 0. The second kappa shape index (κ2) is 3.47. The Hall–Kier alpha value is -0.520. The van der Waals surface area contributed by atoms with E-state index in [-0.39, 0.29) is 0 Å². The van der Waals surface area contributed by atoms with E-state index in [9.17, 15) is 0 Å². The summed E-state index contributed by atoms with van der Waals surface area (Å²) in [5.41, 5.74) is 3.37. The molecule has 0 fully saturated rings. The zero-order valence-corrected chi connectivity index (χ0v) is 7.97. The number of allylic oxidation sites excluding steroid dienone is 4. The summed E-state index contributed by atoms with van der Waals surface area (Å²) in [6, 6.07) is 0. The van der Waals surface area contributed by atoms with Crippen molar-refractivity contribution in [1.29, 1.82) is 0 Å². The normalized spacial score (nSPS) is 29.9. The van der Waals surface area contributed by atoms with Crippen LogP contribution in [-0.2, 0) is 0 Å². The highest BCUT2D eigenvalue weighted by molar-refractivity contribution is 5.24. The molecule has 0 amide bonds. The van der Waals surface area contributed by atoms with Gasteiger partial charge in [-0.05, 0) is 45.4 Å². The molecule has 2 aliphatic rings. The molecule has 0 aliphatic heterocycles. The third-order valence-corrected chi connectivity index (χ3v) is 3.24. The first-order valence-electron chi connectivity index (χ1n) is 5.23. The van der Waals surface area contributed by atoms with Crippen molar-refractivity contribution in [3.05, 3.63) is 23.3 Å². The van der Waals surface area contributed by atoms with Crippen LogP contribution >= 0.6 is 0 Å². The van der Waals surface area contributed by atoms with E-state index in [1.54, 1.807) is 11.1 Å². The minimum atomic E-state index is 0.838. The molecule has 0 aromatic carbocycles. The Labute approximate surface area is 75.4 Å². The van der Waals surface area contributed by atoms with Crippen LogP contribution in [0.3, 0.4) is 0 Å². The van der Waals surface area contributed by atoms with E-state index in [1.807, 2.05) is 0 Å². The van der Waals surface area contributed by atoms with Gasteiger partial charge in [-0.1, -0.05) is 23.3 Å². The summed E-state index contributed by atoms with van der Waals surface area (Å²) in [7, 11) is 0. The van der Waals surface area contributed by atoms with Gasteiger partial charge in [0.1, 0.15) is 0 Å². The van der Waals surface area contributed by atoms with Crippen LogP contribution in [0, 0.1) is 5.92 Å². The summed E-state index contributed by atoms with van der Waals surface area (Å²) in [5.74, 6) is 0.838. The van der Waals surface area contributed by atoms with Crippen molar-refractivity contribution >= 4 is 0 Å². The predicted molar refractivity (Wildman–Crippen MR) is 53.0 cm³/mol. The molecule has 0 bridgehead atoms. The highest BCUT2D eigenvalue weighted by Gasteiger charge is 2.20. The van der Waals surface area contributed by atoms with E-state index in [2.05, 4.69) is 19.1 Å². The van der Waals surface area contributed by atoms with Crippen LogP contribution in [0.5, 0.6) is 0 Å². The second-order valence-corrected chi connectivity index (χ2v) is 4.10. The SMILES string of the molecule is CC1=CCCC1C1=CCCCC1. The molecule has 0 nitrogen and oxygen atoms in total. The van der Waals surface area contributed by atoms with E-state index >= 15 is 0 Å². The van der Waals surface area contributed by atoms with E-state index in [0.29, 0.717) is 0 Å². The Morgan fingerprint density at radius 2 is 2.08 bits per heavy atom. The van der Waals surface area contributed by atoms with E-state index in [1.165, 1.54) is 38.5 Å². The Balaban J connectivity index is 2.08. The van der Waals surface area contributed by atoms with Gasteiger partial charge in [-0.25, -0.2) is 0 Å². The molecule has 1 atom stereocenters. The van der Waals surface area contributed by atoms with Gasteiger partial charge in [0.25, 0.3) is 0 Å². The smallest absolute Gasteiger partial charge is 0.000708 e. The van der Waals surface area contributed by atoms with Gasteiger partial charge in [0, 0.05) is 5.92 Å². The van der Waals surface area contributed by atoms with E-state index < -0.39 is 0 Å². The minimum absolute atomic E-state index is 0.838. The average molecular weight is 162 g/mol. The highest BCUT2D eigenvalue weighted by atomic mass is 14.3. The lowest BCUT2D eigenvalue weighted by molar-refractivity contribution is 0.599. The first kappa shape index (κ1) is 8.10. The molecular formula is C12H18. The van der Waals surface area contributed by atoms with E-state index in [0.717, 1.165) is 5.92 Å². The van der Waals surface area contributed by atoms with E-state index in [4.69, 9.17) is 0 Å². The first-order valence-corrected chi connectivity index (χ1v) is 5.23. The summed E-state index contributed by atoms with van der Waals surface area (Å²) in [4.78, 5) is 0. The lowest BCUT2D eigenvalue weighted by Crippen LogP contribution is -2.04. The molecule has 1 unspecified atom stereocenters. The molecule has 0 spiro atoms. The van der Waals surface area contributed by atoms with Crippen LogP contribution < -0.4 is 0 Å². The maximum absolute atomic E-state index is 2.50. The van der Waals surface area contributed by atoms with Gasteiger partial charge < -0.3 is 0 Å². The molecule has 0 radical (unpaired) electrons. The summed E-state index contributed by atoms with van der Waals surface area (Å²) in [5, 5.41) is 0. The van der Waals surface area contributed by atoms with Gasteiger partial charge >= 0.3 is 0 Å². The molecule has 2 aliphatic carbocycles. The molecule has 12 heavy (non-hydrogen) atoms. The van der Waals surface area contributed by atoms with Crippen LogP contribution in [0.15, 0.2) is 23.3 Å². The molecule has 0 saturated heterocycles. The van der Waals surface area contributed by atoms with Crippen molar-refractivity contribution < 1.29 is 0 Å². The predicted octanol–water partition coefficient (Wildman–Crippen LogP) is 3.84. The summed E-state index contributed by atoms with van der Waals surface area (Å²) in [6.07, 6.45) is 13.2. The van der Waals surface area contributed by atoms with Gasteiger partial charge in [0.15, 0.2) is 0 Å². The lowest BCUT2D eigenvalue weighted by atomic mass is 9.86. The average Bonchev–Trinajstić information content (AvgIpc) is 2.53. The zero-order valence-electron chi connectivity index (χ0n) is 7.97. The van der Waals surface area contributed by atoms with Crippen LogP contribution in [0.1, 0.15) is 45.4 Å². The topological polar surface area (TPSA) is 0 Å². The van der Waals surface area contributed by atoms with Gasteiger partial charge in [0.2, 0.25) is 0 Å². The Morgan fingerprint density at radius 3 is 2.67 bits per heavy atom. The maximum atomic E-state index is 2.50. The van der Waals surface area contributed by atoms with Crippen molar-refractivity contribution in [3.63, 3.8) is 0 Å². The molecule has 0 saturated carbocycles. The van der Waals surface area contributed by atoms with Gasteiger partial charge in [0.05, 0.1) is 0 Å². The fraction of sp³-hybridized carbons (Fsp3) is 0.667. The molecule has 0 heteroatoms. The van der Waals surface area contributed by atoms with Gasteiger partial charge in [-0.3, -0.25) is 0 Å². The van der Waals surface area contributed by atoms with Crippen molar-refractivity contribution in [2.75, 3.05) is 0 Å². The summed E-state index contributed by atoms with van der Waals surface area (Å²) in [6.45, 7) is 2.30. The third-order valence-electron chi connectivity index (χ3n) is 3.24. The fourth-order valence-electron chi connectivity index (χ4n) is 2.50. The van der Waals surface area contributed by atoms with Crippen molar-refractivity contribution in [1.82, 2.24) is 0 Å². The lowest BCUT2D eigenvalue weighted by Gasteiger charge is -2.20. The Kier molecular flexibility index (Phi) is 2.34. The van der Waals surface area contributed by atoms with Crippen LogP contribution in [0.2, 0.25) is 0 Å². The fourth-order valence-corrected chi connectivity index (χ4v) is 2.50. The monoisotopic (exact) mass is 162 g/mol. The largest absolute Gasteiger partial charge is 0.0850 e. The third kappa shape index (κ3) is 1.48. The number of rotatable bonds is 1. The molecule has 0 aromatic heterocycles. The molecule has 66 valence electrons. The van der Waals surface area contributed by atoms with Crippen molar-refractivity contribution in [2.24, 2.45) is 5.92 Å². The van der Waals surface area contributed by atoms with Gasteiger partial charge in [-0.15, -0.1) is 0 Å². The van der Waals surface area contributed by atoms with Crippen molar-refractivity contribution in [2.45, 2.75) is 45.4 Å². The zero-order chi connectivity index (χ0) is 8.39. The van der Waals surface area contributed by atoms with Crippen LogP contribution in [-0.4, -0.2) is 0 Å². The Bertz CT molecular complexity index is 220. The quantitative estimate of drug-likeness (QED) is 0.514. The highest BCUT2D eigenvalue weighted by Crippen LogP contribution is 2.36. The standard InChI is InChI=1S/C12H18/c1-10-6-5-9-12(10)11-7-3-2-4-8-11/h6-7,12H,2-5,8-9H2,1H3. The summed E-state index contributed by atoms with van der Waals surface area (Å²) < 4.78 is 0.